The van der Waals surface area contributed by atoms with Crippen LogP contribution in [0, 0.1) is 5.92 Å². The fourth-order valence-corrected chi connectivity index (χ4v) is 4.59. The predicted molar refractivity (Wildman–Crippen MR) is 106 cm³/mol. The van der Waals surface area contributed by atoms with Crippen molar-refractivity contribution in [3.8, 4) is 0 Å². The maximum absolute atomic E-state index is 12.8. The third-order valence-electron chi connectivity index (χ3n) is 6.17. The van der Waals surface area contributed by atoms with Crippen molar-refractivity contribution in [1.82, 2.24) is 25.2 Å². The Balaban J connectivity index is 1.52. The number of carbonyl (C=O) groups is 1. The summed E-state index contributed by atoms with van der Waals surface area (Å²) in [5, 5.41) is 12.4. The molecule has 0 spiro atoms. The molecule has 0 aromatic carbocycles. The van der Waals surface area contributed by atoms with E-state index in [4.69, 9.17) is 9.62 Å². The van der Waals surface area contributed by atoms with Crippen LogP contribution < -0.4 is 5.32 Å². The Hall–Kier alpha value is -2.15. The lowest BCUT2D eigenvalue weighted by molar-refractivity contribution is 0.0819. The quantitative estimate of drug-likeness (QED) is 0.827. The van der Waals surface area contributed by atoms with Crippen molar-refractivity contribution in [1.29, 1.82) is 0 Å². The number of aromatic nitrogens is 3. The van der Waals surface area contributed by atoms with Crippen LogP contribution in [0.15, 0.2) is 16.9 Å². The van der Waals surface area contributed by atoms with Gasteiger partial charge >= 0.3 is 0 Å². The second-order valence-corrected chi connectivity index (χ2v) is 8.47. The van der Waals surface area contributed by atoms with Crippen LogP contribution in [0.2, 0.25) is 0 Å². The smallest absolute Gasteiger partial charge is 0.274 e. The summed E-state index contributed by atoms with van der Waals surface area (Å²) in [4.78, 5) is 14.4. The molecular formula is C21H31N5O2. The lowest BCUT2D eigenvalue weighted by Gasteiger charge is -2.26. The van der Waals surface area contributed by atoms with Crippen molar-refractivity contribution >= 4 is 5.91 Å². The number of amides is 1. The molecule has 7 heteroatoms. The maximum atomic E-state index is 12.8. The molecule has 1 unspecified atom stereocenters. The minimum atomic E-state index is 0.01000. The lowest BCUT2D eigenvalue weighted by atomic mass is 9.88. The molecule has 2 aliphatic carbocycles. The fourth-order valence-electron chi connectivity index (χ4n) is 4.59. The molecular weight excluding hydrogens is 354 g/mol. The Morgan fingerprint density at radius 2 is 2.11 bits per heavy atom. The van der Waals surface area contributed by atoms with Gasteiger partial charge in [0.1, 0.15) is 6.26 Å². The summed E-state index contributed by atoms with van der Waals surface area (Å²) < 4.78 is 7.07. The van der Waals surface area contributed by atoms with E-state index in [1.807, 2.05) is 6.07 Å². The average Bonchev–Trinajstić information content (AvgIpc) is 3.34. The van der Waals surface area contributed by atoms with Gasteiger partial charge in [0.2, 0.25) is 0 Å². The second-order valence-electron chi connectivity index (χ2n) is 8.47. The van der Waals surface area contributed by atoms with Crippen LogP contribution in [0.3, 0.4) is 0 Å². The Kier molecular flexibility index (Phi) is 5.80. The second kappa shape index (κ2) is 8.47. The first-order valence-corrected chi connectivity index (χ1v) is 10.5. The molecule has 0 radical (unpaired) electrons. The van der Waals surface area contributed by atoms with E-state index in [1.165, 1.54) is 37.8 Å². The first-order chi connectivity index (χ1) is 13.6. The van der Waals surface area contributed by atoms with Gasteiger partial charge in [0.25, 0.3) is 5.91 Å². The molecule has 0 aliphatic heterocycles. The van der Waals surface area contributed by atoms with Gasteiger partial charge in [-0.3, -0.25) is 9.48 Å². The molecule has 152 valence electrons. The summed E-state index contributed by atoms with van der Waals surface area (Å²) in [6, 6.07) is 2.20. The number of hydrogen-bond acceptors (Lipinski definition) is 5. The largest absolute Gasteiger partial charge is 0.364 e. The van der Waals surface area contributed by atoms with Crippen LogP contribution >= 0.6 is 0 Å². The first kappa shape index (κ1) is 19.2. The highest BCUT2D eigenvalue weighted by Crippen LogP contribution is 2.30. The Morgan fingerprint density at radius 1 is 1.29 bits per heavy atom. The molecule has 2 aromatic heterocycles. The molecule has 7 nitrogen and oxygen atoms in total. The molecule has 2 heterocycles. The van der Waals surface area contributed by atoms with Crippen molar-refractivity contribution in [2.75, 3.05) is 14.1 Å². The minimum Gasteiger partial charge on any atom is -0.364 e. The van der Waals surface area contributed by atoms with Crippen LogP contribution in [-0.2, 0) is 25.9 Å². The third-order valence-corrected chi connectivity index (χ3v) is 6.17. The van der Waals surface area contributed by atoms with Crippen molar-refractivity contribution < 1.29 is 9.32 Å². The van der Waals surface area contributed by atoms with Gasteiger partial charge in [-0.25, -0.2) is 0 Å². The molecule has 0 bridgehead atoms. The molecule has 1 amide bonds. The number of carbonyl (C=O) groups excluding carboxylic acids is 1. The number of hydrogen-bond donors (Lipinski definition) is 1. The van der Waals surface area contributed by atoms with Crippen molar-refractivity contribution in [2.45, 2.75) is 70.5 Å². The van der Waals surface area contributed by atoms with E-state index in [0.29, 0.717) is 24.2 Å². The average molecular weight is 386 g/mol. The van der Waals surface area contributed by atoms with E-state index >= 15 is 0 Å². The van der Waals surface area contributed by atoms with Crippen LogP contribution in [0.25, 0.3) is 0 Å². The minimum absolute atomic E-state index is 0.01000. The highest BCUT2D eigenvalue weighted by molar-refractivity contribution is 5.93. The van der Waals surface area contributed by atoms with Crippen molar-refractivity contribution in [2.24, 2.45) is 5.92 Å². The van der Waals surface area contributed by atoms with Gasteiger partial charge in [-0.2, -0.15) is 5.10 Å². The molecule has 2 aromatic rings. The molecule has 1 saturated carbocycles. The van der Waals surface area contributed by atoms with Gasteiger partial charge < -0.3 is 14.7 Å². The van der Waals surface area contributed by atoms with Crippen molar-refractivity contribution in [3.63, 3.8) is 0 Å². The van der Waals surface area contributed by atoms with Gasteiger partial charge in [0, 0.05) is 50.6 Å². The van der Waals surface area contributed by atoms with E-state index in [0.717, 1.165) is 37.1 Å². The molecule has 4 rings (SSSR count). The molecule has 1 atom stereocenters. The summed E-state index contributed by atoms with van der Waals surface area (Å²) >= 11 is 0. The third kappa shape index (κ3) is 4.14. The van der Waals surface area contributed by atoms with Crippen LogP contribution in [-0.4, -0.2) is 45.9 Å². The number of fused-ring (bicyclic) bond motifs is 1. The van der Waals surface area contributed by atoms with E-state index in [1.54, 1.807) is 25.3 Å². The van der Waals surface area contributed by atoms with Gasteiger partial charge in [-0.15, -0.1) is 0 Å². The Bertz CT molecular complexity index is 790. The summed E-state index contributed by atoms with van der Waals surface area (Å²) in [6.07, 6.45) is 11.0. The zero-order chi connectivity index (χ0) is 19.5. The molecule has 0 saturated heterocycles. The highest BCUT2D eigenvalue weighted by atomic mass is 16.5. The number of rotatable bonds is 6. The highest BCUT2D eigenvalue weighted by Gasteiger charge is 2.30. The topological polar surface area (TPSA) is 76.2 Å². The van der Waals surface area contributed by atoms with Gasteiger partial charge in [-0.05, 0) is 38.0 Å². The maximum Gasteiger partial charge on any atom is 0.274 e. The van der Waals surface area contributed by atoms with Crippen LogP contribution in [0.4, 0.5) is 0 Å². The molecule has 28 heavy (non-hydrogen) atoms. The van der Waals surface area contributed by atoms with Gasteiger partial charge in [0.05, 0.1) is 5.69 Å². The Morgan fingerprint density at radius 3 is 2.82 bits per heavy atom. The number of nitrogens with zero attached hydrogens (tertiary/aromatic N) is 4. The SMILES string of the molecule is CN(C)C(=O)c1nn(CC2CCCCC2)c2c1CC(NCc1ccon1)CC2. The van der Waals surface area contributed by atoms with Gasteiger partial charge in [-0.1, -0.05) is 24.4 Å². The van der Waals surface area contributed by atoms with E-state index < -0.39 is 0 Å². The first-order valence-electron chi connectivity index (χ1n) is 10.5. The summed E-state index contributed by atoms with van der Waals surface area (Å²) in [6.45, 7) is 1.64. The molecule has 1 N–H and O–H groups in total. The number of nitrogens with one attached hydrogen (secondary N) is 1. The van der Waals surface area contributed by atoms with E-state index in [-0.39, 0.29) is 5.91 Å². The van der Waals surface area contributed by atoms with Crippen LogP contribution in [0.1, 0.15) is 66.0 Å². The molecule has 1 fully saturated rings. The summed E-state index contributed by atoms with van der Waals surface area (Å²) in [7, 11) is 3.61. The normalized spacial score (nSPS) is 20.1. The zero-order valence-corrected chi connectivity index (χ0v) is 17.0. The van der Waals surface area contributed by atoms with Crippen molar-refractivity contribution in [3.05, 3.63) is 35.0 Å². The lowest BCUT2D eigenvalue weighted by Crippen LogP contribution is -2.35. The standard InChI is InChI=1S/C21H31N5O2/c1-25(2)21(27)20-18-12-16(22-13-17-10-11-28-24-17)8-9-19(18)26(23-20)14-15-6-4-3-5-7-15/h10-11,15-16,22H,3-9,12-14H2,1-2H3. The predicted octanol–water partition coefficient (Wildman–Crippen LogP) is 2.80. The summed E-state index contributed by atoms with van der Waals surface area (Å²) in [5.41, 5.74) is 3.96. The fraction of sp³-hybridized carbons (Fsp3) is 0.667. The van der Waals surface area contributed by atoms with E-state index in [2.05, 4.69) is 15.2 Å². The Labute approximate surface area is 166 Å². The van der Waals surface area contributed by atoms with Crippen LogP contribution in [0.5, 0.6) is 0 Å². The zero-order valence-electron chi connectivity index (χ0n) is 17.0. The monoisotopic (exact) mass is 385 g/mol. The molecule has 2 aliphatic rings. The summed E-state index contributed by atoms with van der Waals surface area (Å²) in [5.74, 6) is 0.707. The van der Waals surface area contributed by atoms with E-state index in [9.17, 15) is 4.79 Å². The van der Waals surface area contributed by atoms with Gasteiger partial charge in [0.15, 0.2) is 5.69 Å².